The summed E-state index contributed by atoms with van der Waals surface area (Å²) >= 11 is 0. The third-order valence-corrected chi connectivity index (χ3v) is 5.31. The first-order valence-electron chi connectivity index (χ1n) is 12.9. The van der Waals surface area contributed by atoms with Crippen LogP contribution in [0.2, 0.25) is 0 Å². The maximum absolute atomic E-state index is 12.8. The van der Waals surface area contributed by atoms with Gasteiger partial charge in [0.15, 0.2) is 0 Å². The first-order chi connectivity index (χ1) is 15.0. The van der Waals surface area contributed by atoms with E-state index in [4.69, 9.17) is 19.9 Å². The van der Waals surface area contributed by atoms with Gasteiger partial charge in [-0.3, -0.25) is 4.79 Å². The lowest BCUT2D eigenvalue weighted by molar-refractivity contribution is -0.169. The van der Waals surface area contributed by atoms with Gasteiger partial charge in [0, 0.05) is 7.11 Å². The van der Waals surface area contributed by atoms with E-state index in [0.717, 1.165) is 12.8 Å². The molecule has 0 spiro atoms. The van der Waals surface area contributed by atoms with Crippen LogP contribution < -0.4 is 5.73 Å². The Kier molecular flexibility index (Phi) is 17.1. The molecule has 1 unspecified atom stereocenters. The zero-order valence-corrected chi connectivity index (χ0v) is 22.2. The van der Waals surface area contributed by atoms with E-state index in [0.29, 0.717) is 0 Å². The van der Waals surface area contributed by atoms with Crippen molar-refractivity contribution >= 4 is 5.97 Å². The van der Waals surface area contributed by atoms with Crippen LogP contribution in [0.25, 0.3) is 0 Å². The molecule has 0 saturated heterocycles. The van der Waals surface area contributed by atoms with Crippen molar-refractivity contribution in [2.75, 3.05) is 13.7 Å². The number of esters is 1. The molecule has 0 rings (SSSR count). The van der Waals surface area contributed by atoms with E-state index in [1.165, 1.54) is 64.2 Å². The number of rotatable bonds is 19. The largest absolute Gasteiger partial charge is 0.460 e. The van der Waals surface area contributed by atoms with E-state index >= 15 is 0 Å². The summed E-state index contributed by atoms with van der Waals surface area (Å²) in [6, 6.07) is 0. The molecule has 0 aromatic heterocycles. The minimum atomic E-state index is -0.822. The molecular weight excluding hydrogens is 402 g/mol. The molecule has 0 aliphatic carbocycles. The van der Waals surface area contributed by atoms with Gasteiger partial charge in [0.2, 0.25) is 0 Å². The Balaban J connectivity index is 4.35. The Morgan fingerprint density at radius 1 is 0.875 bits per heavy atom. The first kappa shape index (κ1) is 31.1. The SMILES string of the molecule is CCCCCCCCCCCCC/C=C/[C@@H](OC)C(COC(C)(C)N)C(=O)OC(C)(C)C. The third-order valence-electron chi connectivity index (χ3n) is 5.31. The molecule has 190 valence electrons. The highest BCUT2D eigenvalue weighted by molar-refractivity contribution is 5.74. The van der Waals surface area contributed by atoms with Crippen LogP contribution in [-0.2, 0) is 19.0 Å². The van der Waals surface area contributed by atoms with Crippen molar-refractivity contribution in [3.05, 3.63) is 12.2 Å². The van der Waals surface area contributed by atoms with Crippen LogP contribution in [0.4, 0.5) is 0 Å². The minimum Gasteiger partial charge on any atom is -0.460 e. The highest BCUT2D eigenvalue weighted by Gasteiger charge is 2.32. The number of methoxy groups -OCH3 is 1. The fraction of sp³-hybridized carbons (Fsp3) is 0.889. The van der Waals surface area contributed by atoms with Crippen LogP contribution in [0.1, 0.15) is 119 Å². The normalized spacial score (nSPS) is 14.6. The first-order valence-corrected chi connectivity index (χ1v) is 12.9. The lowest BCUT2D eigenvalue weighted by atomic mass is 10.0. The quantitative estimate of drug-likeness (QED) is 0.0989. The maximum atomic E-state index is 12.8. The van der Waals surface area contributed by atoms with Crippen LogP contribution in [0, 0.1) is 5.92 Å². The van der Waals surface area contributed by atoms with E-state index < -0.39 is 23.3 Å². The van der Waals surface area contributed by atoms with Crippen molar-refractivity contribution in [3.8, 4) is 0 Å². The van der Waals surface area contributed by atoms with Crippen molar-refractivity contribution in [1.82, 2.24) is 0 Å². The molecule has 0 heterocycles. The molecule has 0 aliphatic heterocycles. The van der Waals surface area contributed by atoms with Gasteiger partial charge in [-0.25, -0.2) is 0 Å². The second-order valence-electron chi connectivity index (χ2n) is 10.5. The van der Waals surface area contributed by atoms with Crippen LogP contribution in [0.3, 0.4) is 0 Å². The molecule has 5 heteroatoms. The summed E-state index contributed by atoms with van der Waals surface area (Å²) in [5, 5.41) is 0. The Morgan fingerprint density at radius 2 is 1.38 bits per heavy atom. The average molecular weight is 456 g/mol. The monoisotopic (exact) mass is 455 g/mol. The molecule has 2 N–H and O–H groups in total. The van der Waals surface area contributed by atoms with Crippen LogP contribution >= 0.6 is 0 Å². The van der Waals surface area contributed by atoms with Crippen molar-refractivity contribution in [2.24, 2.45) is 11.7 Å². The van der Waals surface area contributed by atoms with Gasteiger partial charge in [-0.2, -0.15) is 0 Å². The van der Waals surface area contributed by atoms with E-state index in [1.807, 2.05) is 26.8 Å². The molecule has 0 amide bonds. The van der Waals surface area contributed by atoms with Crippen LogP contribution in [0.5, 0.6) is 0 Å². The number of hydrogen-bond donors (Lipinski definition) is 1. The van der Waals surface area contributed by atoms with Gasteiger partial charge in [0.1, 0.15) is 17.2 Å². The fourth-order valence-corrected chi connectivity index (χ4v) is 3.51. The van der Waals surface area contributed by atoms with Gasteiger partial charge >= 0.3 is 5.97 Å². The van der Waals surface area contributed by atoms with Gasteiger partial charge in [0.05, 0.1) is 12.7 Å². The second-order valence-corrected chi connectivity index (χ2v) is 10.5. The summed E-state index contributed by atoms with van der Waals surface area (Å²) in [7, 11) is 1.61. The summed E-state index contributed by atoms with van der Waals surface area (Å²) in [6.07, 6.45) is 19.4. The predicted molar refractivity (Wildman–Crippen MR) is 135 cm³/mol. The van der Waals surface area contributed by atoms with E-state index in [9.17, 15) is 4.79 Å². The Morgan fingerprint density at radius 3 is 1.81 bits per heavy atom. The zero-order valence-electron chi connectivity index (χ0n) is 22.2. The maximum Gasteiger partial charge on any atom is 0.314 e. The molecule has 0 radical (unpaired) electrons. The topological polar surface area (TPSA) is 70.8 Å². The average Bonchev–Trinajstić information content (AvgIpc) is 2.67. The molecule has 0 aromatic carbocycles. The van der Waals surface area contributed by atoms with E-state index in [-0.39, 0.29) is 12.6 Å². The summed E-state index contributed by atoms with van der Waals surface area (Å²) in [4.78, 5) is 12.8. The standard InChI is InChI=1S/C27H53NO4/c1-8-9-10-11-12-13-14-15-16-17-18-19-20-21-24(30-7)23(22-31-27(5,6)28)25(29)32-26(2,3)4/h20-21,23-24H,8-19,22,28H2,1-7H3/b21-20+/t23?,24-/m1/s1. The van der Waals surface area contributed by atoms with Gasteiger partial charge in [-0.15, -0.1) is 0 Å². The van der Waals surface area contributed by atoms with Crippen molar-refractivity contribution < 1.29 is 19.0 Å². The van der Waals surface area contributed by atoms with Gasteiger partial charge in [-0.1, -0.05) is 83.3 Å². The highest BCUT2D eigenvalue weighted by Crippen LogP contribution is 2.19. The Bertz CT molecular complexity index is 491. The van der Waals surface area contributed by atoms with Crippen molar-refractivity contribution in [1.29, 1.82) is 0 Å². The fourth-order valence-electron chi connectivity index (χ4n) is 3.51. The third kappa shape index (κ3) is 18.6. The summed E-state index contributed by atoms with van der Waals surface area (Å²) in [6.45, 7) is 11.5. The number of ether oxygens (including phenoxy) is 3. The van der Waals surface area contributed by atoms with Gasteiger partial charge in [0.25, 0.3) is 0 Å². The number of unbranched alkanes of at least 4 members (excludes halogenated alkanes) is 11. The molecule has 2 atom stereocenters. The summed E-state index contributed by atoms with van der Waals surface area (Å²) < 4.78 is 16.9. The minimum absolute atomic E-state index is 0.152. The molecule has 32 heavy (non-hydrogen) atoms. The molecule has 0 aromatic rings. The predicted octanol–water partition coefficient (Wildman–Crippen LogP) is 6.93. The van der Waals surface area contributed by atoms with Crippen LogP contribution in [0.15, 0.2) is 12.2 Å². The lowest BCUT2D eigenvalue weighted by Crippen LogP contribution is -2.43. The zero-order chi connectivity index (χ0) is 24.5. The van der Waals surface area contributed by atoms with Crippen LogP contribution in [-0.4, -0.2) is 37.1 Å². The molecule has 5 nitrogen and oxygen atoms in total. The number of carbonyl (C=O) groups excluding carboxylic acids is 1. The number of nitrogens with two attached hydrogens (primary N) is 1. The molecule has 0 saturated carbocycles. The molecular formula is C27H53NO4. The summed E-state index contributed by atoms with van der Waals surface area (Å²) in [5.74, 6) is -0.886. The smallest absolute Gasteiger partial charge is 0.314 e. The lowest BCUT2D eigenvalue weighted by Gasteiger charge is -2.29. The van der Waals surface area contributed by atoms with Gasteiger partial charge in [-0.05, 0) is 47.5 Å². The Hall–Kier alpha value is -0.910. The van der Waals surface area contributed by atoms with Crippen molar-refractivity contribution in [2.45, 2.75) is 136 Å². The molecule has 0 fully saturated rings. The Labute approximate surface area is 198 Å². The highest BCUT2D eigenvalue weighted by atomic mass is 16.6. The number of hydrogen-bond acceptors (Lipinski definition) is 5. The second kappa shape index (κ2) is 17.6. The number of carbonyl (C=O) groups is 1. The molecule has 0 bridgehead atoms. The molecule has 0 aliphatic rings. The summed E-state index contributed by atoms with van der Waals surface area (Å²) in [5.41, 5.74) is 4.56. The van der Waals surface area contributed by atoms with E-state index in [2.05, 4.69) is 13.0 Å². The van der Waals surface area contributed by atoms with Crippen molar-refractivity contribution in [3.63, 3.8) is 0 Å². The van der Waals surface area contributed by atoms with Gasteiger partial charge < -0.3 is 19.9 Å². The van der Waals surface area contributed by atoms with E-state index in [1.54, 1.807) is 21.0 Å². The number of allylic oxidation sites excluding steroid dienone is 1.